The number of nitrogens with zero attached hydrogens (tertiary/aromatic N) is 1. The molecule has 1 aromatic heterocycles. The fourth-order valence-corrected chi connectivity index (χ4v) is 2.02. The standard InChI is InChI=1S/C6H9BrN2S/c1-2-4(8)5-3-9-6(7)10-5/h3-4H,2,8H2,1H3. The van der Waals surface area contributed by atoms with Crippen LogP contribution in [0, 0.1) is 0 Å². The van der Waals surface area contributed by atoms with Crippen LogP contribution in [0.1, 0.15) is 24.3 Å². The van der Waals surface area contributed by atoms with Gasteiger partial charge in [-0.1, -0.05) is 6.92 Å². The fourth-order valence-electron chi connectivity index (χ4n) is 0.637. The highest BCUT2D eigenvalue weighted by Gasteiger charge is 2.05. The van der Waals surface area contributed by atoms with Gasteiger partial charge < -0.3 is 5.73 Å². The van der Waals surface area contributed by atoms with Crippen LogP contribution in [0.3, 0.4) is 0 Å². The molecule has 2 N–H and O–H groups in total. The molecule has 1 heterocycles. The van der Waals surface area contributed by atoms with Crippen LogP contribution in [0.25, 0.3) is 0 Å². The molecule has 0 bridgehead atoms. The Labute approximate surface area is 72.6 Å². The molecule has 0 aliphatic heterocycles. The number of nitrogens with two attached hydrogens (primary N) is 1. The predicted molar refractivity (Wildman–Crippen MR) is 47.0 cm³/mol. The van der Waals surface area contributed by atoms with Gasteiger partial charge in [0.05, 0.1) is 0 Å². The Bertz CT molecular complexity index is 211. The van der Waals surface area contributed by atoms with Gasteiger partial charge in [-0.2, -0.15) is 0 Å². The van der Waals surface area contributed by atoms with Gasteiger partial charge in [-0.05, 0) is 22.4 Å². The van der Waals surface area contributed by atoms with E-state index >= 15 is 0 Å². The van der Waals surface area contributed by atoms with E-state index in [1.54, 1.807) is 11.3 Å². The van der Waals surface area contributed by atoms with Gasteiger partial charge in [-0.15, -0.1) is 11.3 Å². The van der Waals surface area contributed by atoms with Gasteiger partial charge in [0.1, 0.15) is 0 Å². The van der Waals surface area contributed by atoms with Gasteiger partial charge >= 0.3 is 0 Å². The Morgan fingerprint density at radius 1 is 1.90 bits per heavy atom. The summed E-state index contributed by atoms with van der Waals surface area (Å²) in [4.78, 5) is 5.19. The lowest BCUT2D eigenvalue weighted by molar-refractivity contribution is 0.710. The highest BCUT2D eigenvalue weighted by Crippen LogP contribution is 2.24. The molecule has 0 radical (unpaired) electrons. The molecule has 0 aromatic carbocycles. The van der Waals surface area contributed by atoms with E-state index in [9.17, 15) is 0 Å². The van der Waals surface area contributed by atoms with Gasteiger partial charge in [-0.25, -0.2) is 4.98 Å². The smallest absolute Gasteiger partial charge is 0.159 e. The zero-order valence-electron chi connectivity index (χ0n) is 5.67. The molecule has 0 fully saturated rings. The summed E-state index contributed by atoms with van der Waals surface area (Å²) >= 11 is 4.88. The molecule has 0 amide bonds. The van der Waals surface area contributed by atoms with Gasteiger partial charge in [0, 0.05) is 17.1 Å². The summed E-state index contributed by atoms with van der Waals surface area (Å²) in [7, 11) is 0. The zero-order chi connectivity index (χ0) is 7.56. The lowest BCUT2D eigenvalue weighted by atomic mass is 10.2. The molecule has 1 aromatic rings. The molecule has 0 spiro atoms. The molecule has 56 valence electrons. The predicted octanol–water partition coefficient (Wildman–Crippen LogP) is 2.32. The largest absolute Gasteiger partial charge is 0.323 e. The minimum Gasteiger partial charge on any atom is -0.323 e. The van der Waals surface area contributed by atoms with Crippen molar-refractivity contribution in [3.05, 3.63) is 15.0 Å². The van der Waals surface area contributed by atoms with E-state index in [0.29, 0.717) is 0 Å². The maximum atomic E-state index is 5.76. The van der Waals surface area contributed by atoms with Crippen LogP contribution in [0.5, 0.6) is 0 Å². The van der Waals surface area contributed by atoms with Crippen LogP contribution in [0.2, 0.25) is 0 Å². The molecule has 0 aliphatic rings. The summed E-state index contributed by atoms with van der Waals surface area (Å²) in [6.45, 7) is 2.07. The molecule has 1 atom stereocenters. The maximum Gasteiger partial charge on any atom is 0.159 e. The Morgan fingerprint density at radius 3 is 3.00 bits per heavy atom. The number of rotatable bonds is 2. The van der Waals surface area contributed by atoms with Crippen molar-refractivity contribution >= 4 is 27.3 Å². The van der Waals surface area contributed by atoms with Crippen LogP contribution < -0.4 is 5.73 Å². The number of aromatic nitrogens is 1. The second-order valence-corrected chi connectivity index (χ2v) is 4.37. The Hall–Kier alpha value is 0.0700. The maximum absolute atomic E-state index is 5.76. The van der Waals surface area contributed by atoms with Crippen molar-refractivity contribution in [2.45, 2.75) is 19.4 Å². The second-order valence-electron chi connectivity index (χ2n) is 2.03. The minimum absolute atomic E-state index is 0.156. The molecular formula is C6H9BrN2S. The average molecular weight is 221 g/mol. The average Bonchev–Trinajstić information content (AvgIpc) is 2.34. The fraction of sp³-hybridized carbons (Fsp3) is 0.500. The van der Waals surface area contributed by atoms with Crippen molar-refractivity contribution in [1.82, 2.24) is 4.98 Å². The zero-order valence-corrected chi connectivity index (χ0v) is 8.08. The van der Waals surface area contributed by atoms with Crippen molar-refractivity contribution < 1.29 is 0 Å². The number of halogens is 1. The molecule has 0 aliphatic carbocycles. The first kappa shape index (κ1) is 8.17. The van der Waals surface area contributed by atoms with Crippen LogP contribution in [0.15, 0.2) is 10.1 Å². The molecule has 1 rings (SSSR count). The van der Waals surface area contributed by atoms with Crippen LogP contribution in [-0.4, -0.2) is 4.98 Å². The highest BCUT2D eigenvalue weighted by molar-refractivity contribution is 9.11. The van der Waals surface area contributed by atoms with E-state index in [1.165, 1.54) is 0 Å². The van der Waals surface area contributed by atoms with Crippen LogP contribution >= 0.6 is 27.3 Å². The molecule has 4 heteroatoms. The minimum atomic E-state index is 0.156. The molecule has 2 nitrogen and oxygen atoms in total. The summed E-state index contributed by atoms with van der Waals surface area (Å²) in [5, 5.41) is 0. The Balaban J connectivity index is 2.74. The summed E-state index contributed by atoms with van der Waals surface area (Å²) < 4.78 is 0.909. The molecular weight excluding hydrogens is 212 g/mol. The van der Waals surface area contributed by atoms with Gasteiger partial charge in [-0.3, -0.25) is 0 Å². The Kier molecular flexibility index (Phi) is 2.82. The topological polar surface area (TPSA) is 38.9 Å². The van der Waals surface area contributed by atoms with Crippen molar-refractivity contribution in [2.75, 3.05) is 0 Å². The van der Waals surface area contributed by atoms with E-state index in [4.69, 9.17) is 5.73 Å². The van der Waals surface area contributed by atoms with E-state index in [2.05, 4.69) is 27.8 Å². The normalized spacial score (nSPS) is 13.5. The summed E-state index contributed by atoms with van der Waals surface area (Å²) in [5.41, 5.74) is 5.76. The van der Waals surface area contributed by atoms with Gasteiger partial charge in [0.2, 0.25) is 0 Å². The van der Waals surface area contributed by atoms with Crippen molar-refractivity contribution in [2.24, 2.45) is 5.73 Å². The van der Waals surface area contributed by atoms with Gasteiger partial charge in [0.15, 0.2) is 3.92 Å². The summed E-state index contributed by atoms with van der Waals surface area (Å²) in [6.07, 6.45) is 2.79. The van der Waals surface area contributed by atoms with Crippen LogP contribution in [-0.2, 0) is 0 Å². The second kappa shape index (κ2) is 3.46. The number of thiazole rings is 1. The molecule has 0 saturated carbocycles. The third-order valence-corrected chi connectivity index (χ3v) is 2.91. The first-order valence-electron chi connectivity index (χ1n) is 3.11. The van der Waals surface area contributed by atoms with Crippen molar-refractivity contribution in [3.8, 4) is 0 Å². The molecule has 0 saturated heterocycles. The van der Waals surface area contributed by atoms with Crippen molar-refractivity contribution in [1.29, 1.82) is 0 Å². The van der Waals surface area contributed by atoms with E-state index < -0.39 is 0 Å². The monoisotopic (exact) mass is 220 g/mol. The van der Waals surface area contributed by atoms with E-state index in [1.807, 2.05) is 6.20 Å². The lowest BCUT2D eigenvalue weighted by Crippen LogP contribution is -2.05. The van der Waals surface area contributed by atoms with E-state index in [0.717, 1.165) is 15.2 Å². The number of hydrogen-bond donors (Lipinski definition) is 1. The SMILES string of the molecule is CCC(N)c1cnc(Br)s1. The summed E-state index contributed by atoms with van der Waals surface area (Å²) in [6, 6.07) is 0.156. The van der Waals surface area contributed by atoms with Gasteiger partial charge in [0.25, 0.3) is 0 Å². The Morgan fingerprint density at radius 2 is 2.60 bits per heavy atom. The van der Waals surface area contributed by atoms with Crippen LogP contribution in [0.4, 0.5) is 0 Å². The third kappa shape index (κ3) is 1.78. The summed E-state index contributed by atoms with van der Waals surface area (Å²) in [5.74, 6) is 0. The first-order chi connectivity index (χ1) is 4.74. The highest BCUT2D eigenvalue weighted by atomic mass is 79.9. The lowest BCUT2D eigenvalue weighted by Gasteiger charge is -2.01. The van der Waals surface area contributed by atoms with E-state index in [-0.39, 0.29) is 6.04 Å². The molecule has 1 unspecified atom stereocenters. The van der Waals surface area contributed by atoms with Crippen molar-refractivity contribution in [3.63, 3.8) is 0 Å². The molecule has 10 heavy (non-hydrogen) atoms. The first-order valence-corrected chi connectivity index (χ1v) is 4.71. The third-order valence-electron chi connectivity index (χ3n) is 1.30. The number of hydrogen-bond acceptors (Lipinski definition) is 3. The quantitative estimate of drug-likeness (QED) is 0.832.